The SMILES string of the molecule is CC(C)C(=O)Nc1cccc(NC(=O)CCl)c1. The number of nitrogens with one attached hydrogen (secondary N) is 2. The second-order valence-corrected chi connectivity index (χ2v) is 4.17. The molecule has 0 saturated heterocycles. The molecule has 0 radical (unpaired) electrons. The van der Waals surface area contributed by atoms with E-state index in [-0.39, 0.29) is 23.6 Å². The van der Waals surface area contributed by atoms with Gasteiger partial charge in [-0.3, -0.25) is 9.59 Å². The number of amides is 2. The first-order valence-electron chi connectivity index (χ1n) is 5.29. The van der Waals surface area contributed by atoms with Crippen molar-refractivity contribution in [1.29, 1.82) is 0 Å². The van der Waals surface area contributed by atoms with Crippen LogP contribution in [0, 0.1) is 5.92 Å². The molecule has 0 fully saturated rings. The van der Waals surface area contributed by atoms with E-state index in [0.29, 0.717) is 11.4 Å². The Labute approximate surface area is 105 Å². The van der Waals surface area contributed by atoms with E-state index in [0.717, 1.165) is 0 Å². The van der Waals surface area contributed by atoms with Crippen molar-refractivity contribution in [2.24, 2.45) is 5.92 Å². The zero-order valence-electron chi connectivity index (χ0n) is 9.79. The topological polar surface area (TPSA) is 58.2 Å². The Balaban J connectivity index is 2.72. The number of carbonyl (C=O) groups excluding carboxylic acids is 2. The average molecular weight is 255 g/mol. The third-order valence-electron chi connectivity index (χ3n) is 2.06. The third kappa shape index (κ3) is 4.44. The molecule has 0 spiro atoms. The Hall–Kier alpha value is -1.55. The van der Waals surface area contributed by atoms with Gasteiger partial charge in [-0.25, -0.2) is 0 Å². The molecule has 0 aliphatic rings. The summed E-state index contributed by atoms with van der Waals surface area (Å²) in [5.74, 6) is -0.524. The molecule has 1 aromatic carbocycles. The molecule has 0 aromatic heterocycles. The summed E-state index contributed by atoms with van der Waals surface area (Å²) in [5.41, 5.74) is 1.26. The van der Waals surface area contributed by atoms with Gasteiger partial charge in [-0.1, -0.05) is 19.9 Å². The molecule has 0 atom stereocenters. The molecule has 17 heavy (non-hydrogen) atoms. The van der Waals surface area contributed by atoms with E-state index < -0.39 is 0 Å². The van der Waals surface area contributed by atoms with Gasteiger partial charge in [0.05, 0.1) is 0 Å². The first-order valence-corrected chi connectivity index (χ1v) is 5.83. The quantitative estimate of drug-likeness (QED) is 0.811. The van der Waals surface area contributed by atoms with Gasteiger partial charge in [0.25, 0.3) is 0 Å². The van der Waals surface area contributed by atoms with E-state index in [1.165, 1.54) is 0 Å². The molecule has 92 valence electrons. The van der Waals surface area contributed by atoms with Crippen LogP contribution in [0.2, 0.25) is 0 Å². The van der Waals surface area contributed by atoms with Crippen LogP contribution in [0.3, 0.4) is 0 Å². The number of rotatable bonds is 4. The minimum Gasteiger partial charge on any atom is -0.326 e. The lowest BCUT2D eigenvalue weighted by Gasteiger charge is -2.09. The number of anilines is 2. The highest BCUT2D eigenvalue weighted by Crippen LogP contribution is 2.15. The Morgan fingerprint density at radius 2 is 1.82 bits per heavy atom. The van der Waals surface area contributed by atoms with Crippen LogP contribution in [0.15, 0.2) is 24.3 Å². The van der Waals surface area contributed by atoms with Gasteiger partial charge in [0.1, 0.15) is 5.88 Å². The van der Waals surface area contributed by atoms with Crippen LogP contribution in [0.1, 0.15) is 13.8 Å². The summed E-state index contributed by atoms with van der Waals surface area (Å²) in [6, 6.07) is 6.93. The predicted octanol–water partition coefficient (Wildman–Crippen LogP) is 2.46. The van der Waals surface area contributed by atoms with Crippen LogP contribution in [-0.4, -0.2) is 17.7 Å². The highest BCUT2D eigenvalue weighted by Gasteiger charge is 2.07. The van der Waals surface area contributed by atoms with Gasteiger partial charge in [-0.05, 0) is 18.2 Å². The monoisotopic (exact) mass is 254 g/mol. The smallest absolute Gasteiger partial charge is 0.239 e. The number of alkyl halides is 1. The number of hydrogen-bond acceptors (Lipinski definition) is 2. The Morgan fingerprint density at radius 1 is 1.24 bits per heavy atom. The maximum absolute atomic E-state index is 11.5. The maximum Gasteiger partial charge on any atom is 0.239 e. The molecular formula is C12H15ClN2O2. The fourth-order valence-corrected chi connectivity index (χ4v) is 1.22. The van der Waals surface area contributed by atoms with Gasteiger partial charge in [0.15, 0.2) is 0 Å². The molecule has 0 aliphatic carbocycles. The normalized spacial score (nSPS) is 10.1. The molecule has 0 saturated carbocycles. The van der Waals surface area contributed by atoms with E-state index in [4.69, 9.17) is 11.6 Å². The van der Waals surface area contributed by atoms with Crippen molar-refractivity contribution in [3.63, 3.8) is 0 Å². The Kier molecular flexibility index (Phi) is 4.97. The van der Waals surface area contributed by atoms with E-state index in [9.17, 15) is 9.59 Å². The minimum absolute atomic E-state index is 0.0641. The van der Waals surface area contributed by atoms with Crippen LogP contribution in [0.4, 0.5) is 11.4 Å². The number of hydrogen-bond donors (Lipinski definition) is 2. The first kappa shape index (κ1) is 13.5. The molecule has 5 heteroatoms. The summed E-state index contributed by atoms with van der Waals surface area (Å²) in [5, 5.41) is 5.36. The van der Waals surface area contributed by atoms with Gasteiger partial charge in [0, 0.05) is 17.3 Å². The summed E-state index contributed by atoms with van der Waals surface area (Å²) in [6.07, 6.45) is 0. The van der Waals surface area contributed by atoms with Crippen molar-refractivity contribution < 1.29 is 9.59 Å². The summed E-state index contributed by atoms with van der Waals surface area (Å²) in [6.45, 7) is 3.63. The van der Waals surface area contributed by atoms with Crippen molar-refractivity contribution in [2.45, 2.75) is 13.8 Å². The number of halogens is 1. The molecular weight excluding hydrogens is 240 g/mol. The van der Waals surface area contributed by atoms with E-state index in [1.807, 2.05) is 13.8 Å². The van der Waals surface area contributed by atoms with Crippen molar-refractivity contribution in [3.8, 4) is 0 Å². The molecule has 2 N–H and O–H groups in total. The Morgan fingerprint density at radius 3 is 2.35 bits per heavy atom. The zero-order chi connectivity index (χ0) is 12.8. The Bertz CT molecular complexity index is 419. The van der Waals surface area contributed by atoms with Gasteiger partial charge in [-0.15, -0.1) is 11.6 Å². The lowest BCUT2D eigenvalue weighted by molar-refractivity contribution is -0.119. The minimum atomic E-state index is -0.279. The number of benzene rings is 1. The average Bonchev–Trinajstić information content (AvgIpc) is 2.29. The molecule has 0 unspecified atom stereocenters. The van der Waals surface area contributed by atoms with Crippen LogP contribution >= 0.6 is 11.6 Å². The first-order chi connectivity index (χ1) is 8.02. The third-order valence-corrected chi connectivity index (χ3v) is 2.30. The van der Waals surface area contributed by atoms with Gasteiger partial charge in [0.2, 0.25) is 11.8 Å². The fraction of sp³-hybridized carbons (Fsp3) is 0.333. The van der Waals surface area contributed by atoms with E-state index in [2.05, 4.69) is 10.6 Å². The van der Waals surface area contributed by atoms with Crippen LogP contribution in [0.25, 0.3) is 0 Å². The zero-order valence-corrected chi connectivity index (χ0v) is 10.5. The van der Waals surface area contributed by atoms with Gasteiger partial charge < -0.3 is 10.6 Å². The van der Waals surface area contributed by atoms with Crippen LogP contribution in [0.5, 0.6) is 0 Å². The second kappa shape index (κ2) is 6.25. The summed E-state index contributed by atoms with van der Waals surface area (Å²) in [4.78, 5) is 22.6. The van der Waals surface area contributed by atoms with Crippen molar-refractivity contribution in [3.05, 3.63) is 24.3 Å². The molecule has 1 aromatic rings. The molecule has 1 rings (SSSR count). The standard InChI is InChI=1S/C12H15ClN2O2/c1-8(2)12(17)15-10-5-3-4-9(6-10)14-11(16)7-13/h3-6,8H,7H2,1-2H3,(H,14,16)(H,15,17). The predicted molar refractivity (Wildman–Crippen MR) is 69.3 cm³/mol. The van der Waals surface area contributed by atoms with Crippen molar-refractivity contribution in [2.75, 3.05) is 16.5 Å². The van der Waals surface area contributed by atoms with E-state index >= 15 is 0 Å². The lowest BCUT2D eigenvalue weighted by Crippen LogP contribution is -2.18. The highest BCUT2D eigenvalue weighted by atomic mass is 35.5. The summed E-state index contributed by atoms with van der Waals surface area (Å²) in [7, 11) is 0. The number of carbonyl (C=O) groups is 2. The fourth-order valence-electron chi connectivity index (χ4n) is 1.16. The van der Waals surface area contributed by atoms with Crippen molar-refractivity contribution >= 4 is 34.8 Å². The molecule has 2 amide bonds. The highest BCUT2D eigenvalue weighted by molar-refractivity contribution is 6.29. The second-order valence-electron chi connectivity index (χ2n) is 3.91. The van der Waals surface area contributed by atoms with Crippen LogP contribution < -0.4 is 10.6 Å². The van der Waals surface area contributed by atoms with Gasteiger partial charge in [-0.2, -0.15) is 0 Å². The van der Waals surface area contributed by atoms with Crippen LogP contribution in [-0.2, 0) is 9.59 Å². The molecule has 0 aliphatic heterocycles. The lowest BCUT2D eigenvalue weighted by atomic mass is 10.2. The molecule has 0 heterocycles. The molecule has 0 bridgehead atoms. The van der Waals surface area contributed by atoms with Gasteiger partial charge >= 0.3 is 0 Å². The maximum atomic E-state index is 11.5. The van der Waals surface area contributed by atoms with Crippen molar-refractivity contribution in [1.82, 2.24) is 0 Å². The summed E-state index contributed by atoms with van der Waals surface area (Å²) >= 11 is 5.39. The molecule has 4 nitrogen and oxygen atoms in total. The largest absolute Gasteiger partial charge is 0.326 e. The van der Waals surface area contributed by atoms with E-state index in [1.54, 1.807) is 24.3 Å². The summed E-state index contributed by atoms with van der Waals surface area (Å²) < 4.78 is 0.